The maximum absolute atomic E-state index is 13.7. The Hall–Kier alpha value is -0.900. The average molecular weight is 1700 g/mol. The Morgan fingerprint density at radius 2 is 0.724 bits per heavy atom. The lowest BCUT2D eigenvalue weighted by Gasteiger charge is -2.45. The summed E-state index contributed by atoms with van der Waals surface area (Å²) in [6.07, 6.45) is 3.15. The molecule has 4 aliphatic rings. The fourth-order valence-electron chi connectivity index (χ4n) is 10.5. The van der Waals surface area contributed by atoms with Gasteiger partial charge in [0.25, 0.3) is 0 Å². The molecule has 0 bridgehead atoms. The van der Waals surface area contributed by atoms with Crippen LogP contribution in [0.3, 0.4) is 0 Å². The van der Waals surface area contributed by atoms with Crippen LogP contribution in [0.2, 0.25) is 0 Å². The van der Waals surface area contributed by atoms with E-state index in [0.29, 0.717) is 0 Å². The molecule has 0 radical (unpaired) electrons. The lowest BCUT2D eigenvalue weighted by Crippen LogP contribution is -2.51. The molecule has 76 heavy (non-hydrogen) atoms. The van der Waals surface area contributed by atoms with Crippen LogP contribution in [0.25, 0.3) is 44.5 Å². The van der Waals surface area contributed by atoms with E-state index < -0.39 is 11.0 Å². The first-order valence-electron chi connectivity index (χ1n) is 22.2. The molecule has 0 heterocycles. The molecule has 0 fully saturated rings. The Morgan fingerprint density at radius 1 is 0.421 bits per heavy atom. The number of benzene rings is 8. The maximum atomic E-state index is 13.7. The second-order valence-corrected chi connectivity index (χ2v) is 38.4. The zero-order valence-corrected chi connectivity index (χ0v) is 59.5. The van der Waals surface area contributed by atoms with Gasteiger partial charge >= 0.3 is 0 Å². The van der Waals surface area contributed by atoms with E-state index in [4.69, 9.17) is 4.74 Å². The highest BCUT2D eigenvalue weighted by Crippen LogP contribution is 2.65. The van der Waals surface area contributed by atoms with Crippen LogP contribution in [0.5, 0.6) is 0 Å². The summed E-state index contributed by atoms with van der Waals surface area (Å²) in [4.78, 5) is 25.0. The first-order valence-corrected chi connectivity index (χ1v) is 40.5. The largest absolute Gasteiger partial charge is 0.367 e. The molecule has 8 aromatic carbocycles. The van der Waals surface area contributed by atoms with E-state index >= 15 is 0 Å². The van der Waals surface area contributed by atoms with E-state index in [2.05, 4.69) is 247 Å². The molecule has 386 valence electrons. The van der Waals surface area contributed by atoms with Crippen LogP contribution in [0.15, 0.2) is 181 Å². The van der Waals surface area contributed by atoms with Crippen molar-refractivity contribution >= 4 is 233 Å². The highest BCUT2D eigenvalue weighted by molar-refractivity contribution is 9.11. The second kappa shape index (κ2) is 26.6. The third kappa shape index (κ3) is 11.8. The number of hydrogen-bond donors (Lipinski definition) is 0. The highest BCUT2D eigenvalue weighted by atomic mass is 79.9. The van der Waals surface area contributed by atoms with Crippen LogP contribution in [0, 0.1) is 0 Å². The molecule has 3 nitrogen and oxygen atoms in total. The fraction of sp³-hybridized carbons (Fsp3) is 0.0909. The minimum atomic E-state index is -1.12. The van der Waals surface area contributed by atoms with Crippen molar-refractivity contribution in [2.45, 2.75) is 23.4 Å². The lowest BCUT2D eigenvalue weighted by molar-refractivity contribution is -0.121. The summed E-state index contributed by atoms with van der Waals surface area (Å²) in [7, 11) is 14.4. The Bertz CT molecular complexity index is 3850. The summed E-state index contributed by atoms with van der Waals surface area (Å²) in [5.74, 6) is -0.144. The number of aldehydes is 2. The van der Waals surface area contributed by atoms with Crippen molar-refractivity contribution in [3.8, 4) is 44.5 Å². The van der Waals surface area contributed by atoms with Crippen molar-refractivity contribution in [2.24, 2.45) is 0 Å². The molecule has 0 spiro atoms. The van der Waals surface area contributed by atoms with Gasteiger partial charge in [-0.25, -0.2) is 0 Å². The van der Waals surface area contributed by atoms with Gasteiger partial charge in [0.15, 0.2) is 0 Å². The predicted octanol–water partition coefficient (Wildman–Crippen LogP) is 18.1. The van der Waals surface area contributed by atoms with Crippen LogP contribution in [-0.4, -0.2) is 19.7 Å². The van der Waals surface area contributed by atoms with E-state index in [1.807, 2.05) is 48.5 Å². The Labute approximate surface area is 540 Å². The molecule has 0 aliphatic heterocycles. The second-order valence-electron chi connectivity index (χ2n) is 17.0. The monoisotopic (exact) mass is 1690 g/mol. The van der Waals surface area contributed by atoms with Crippen LogP contribution in [-0.2, 0) is 125 Å². The summed E-state index contributed by atoms with van der Waals surface area (Å²) >= 11 is 37.9. The number of fused-ring (bicyclic) bond motifs is 12. The molecule has 8 aromatic rings. The van der Waals surface area contributed by atoms with Gasteiger partial charge in [-0.1, -0.05) is 176 Å². The Kier molecular flexibility index (Phi) is 20.9. The molecule has 0 saturated heterocycles. The zero-order valence-electron chi connectivity index (χ0n) is 38.6. The molecule has 0 N–H and O–H groups in total. The molecule has 0 aromatic heterocycles. The van der Waals surface area contributed by atoms with Gasteiger partial charge in [-0.15, -0.1) is 0 Å². The molecule has 12 rings (SSSR count). The Morgan fingerprint density at radius 3 is 1.07 bits per heavy atom. The normalized spacial score (nSPS) is 13.4. The van der Waals surface area contributed by atoms with Crippen molar-refractivity contribution < 1.29 is 14.3 Å². The van der Waals surface area contributed by atoms with E-state index in [1.165, 1.54) is 40.0 Å². The van der Waals surface area contributed by atoms with Gasteiger partial charge in [-0.05, 0) is 192 Å². The van der Waals surface area contributed by atoms with E-state index in [9.17, 15) is 9.59 Å². The number of hydrogen-bond acceptors (Lipinski definition) is 5. The van der Waals surface area contributed by atoms with Gasteiger partial charge in [-0.3, -0.25) is 0 Å². The fourth-order valence-corrected chi connectivity index (χ4v) is 30.0. The van der Waals surface area contributed by atoms with Gasteiger partial charge in [0.1, 0.15) is 23.6 Å². The van der Waals surface area contributed by atoms with E-state index in [-0.39, 0.29) is 5.92 Å². The van der Waals surface area contributed by atoms with Gasteiger partial charge in [0.2, 0.25) is 0 Å². The van der Waals surface area contributed by atoms with Crippen LogP contribution in [0.1, 0.15) is 50.4 Å². The molecule has 0 unspecified atom stereocenters. The summed E-state index contributed by atoms with van der Waals surface area (Å²) in [6, 6.07) is 50.0. The number of carbonyl (C=O) groups is 2. The standard InChI is InChI=1S/C28H16Br4O2.C14H8Br2O.C13H8Br2.S10/c1-34-28(25-12-17(31)4-8-21(25)22-9-5-18(32)13-26(22)28)27(14-33)23-10-15(29)2-6-19(23)20-7-3-16(30)11-24(20)27;15-8-1-3-10-11-4-2-9(16)6-13(11)14(7-17)12(10)5-8;14-10-1-3-12-8(6-10)5-9-7-11(15)2-4-13(9)12;1-3-5-7-9-10-8-6-4-2/h2-14H,1H3;1-7,14H;1-4,6-7H,5H2;. The number of rotatable bonds is 4. The van der Waals surface area contributed by atoms with Crippen LogP contribution in [0.4, 0.5) is 0 Å². The topological polar surface area (TPSA) is 43.4 Å². The molecular weight excluding hydrogens is 1670 g/mol. The van der Waals surface area contributed by atoms with Crippen LogP contribution < -0.4 is 0 Å². The molecule has 0 saturated carbocycles. The molecule has 21 heteroatoms. The lowest BCUT2D eigenvalue weighted by atomic mass is 9.62. The van der Waals surface area contributed by atoms with Crippen molar-refractivity contribution in [2.75, 3.05) is 7.11 Å². The van der Waals surface area contributed by atoms with E-state index in [0.717, 1.165) is 122 Å². The predicted molar refractivity (Wildman–Crippen MR) is 368 cm³/mol. The SMILES string of the molecule is Brc1ccc2c(c1)Cc1cc(Br)ccc1-2.COC1(C2(C=O)c3cc(Br)ccc3-c3ccc(Br)cc32)c2cc(Br)ccc2-c2ccc(Br)cc21.O=CC1c2cc(Br)ccc2-c2ccc(Br)cc21.S=S=S=S=S=S=S=S=S=S. The van der Waals surface area contributed by atoms with Crippen molar-refractivity contribution in [1.82, 2.24) is 0 Å². The first-order chi connectivity index (χ1) is 36.7. The third-order valence-electron chi connectivity index (χ3n) is 13.3. The molecule has 0 atom stereocenters. The summed E-state index contributed by atoms with van der Waals surface area (Å²) in [5, 5.41) is 0. The van der Waals surface area contributed by atoms with E-state index in [1.54, 1.807) is 60.4 Å². The quantitative estimate of drug-likeness (QED) is 0.164. The number of halogens is 8. The molecule has 0 amide bonds. The third-order valence-corrected chi connectivity index (χ3v) is 32.8. The smallest absolute Gasteiger partial charge is 0.139 e. The van der Waals surface area contributed by atoms with Gasteiger partial charge in [-0.2, -0.15) is 0 Å². The summed E-state index contributed by atoms with van der Waals surface area (Å²) in [6.45, 7) is 0. The van der Waals surface area contributed by atoms with Gasteiger partial charge < -0.3 is 14.3 Å². The van der Waals surface area contributed by atoms with Crippen molar-refractivity contribution in [3.63, 3.8) is 0 Å². The average Bonchev–Trinajstić information content (AvgIpc) is 4.28. The molecular formula is C55H32Br8O3S10. The summed E-state index contributed by atoms with van der Waals surface area (Å²) in [5.41, 5.74) is 15.8. The number of methoxy groups -OCH3 is 1. The highest BCUT2D eigenvalue weighted by Gasteiger charge is 2.64. The van der Waals surface area contributed by atoms with Gasteiger partial charge in [0.05, 0.1) is 5.92 Å². The zero-order chi connectivity index (χ0) is 53.9. The van der Waals surface area contributed by atoms with Gasteiger partial charge in [0, 0.05) is 136 Å². The summed E-state index contributed by atoms with van der Waals surface area (Å²) < 4.78 is 14.7. The minimum Gasteiger partial charge on any atom is -0.367 e. The molecule has 4 aliphatic carbocycles. The maximum Gasteiger partial charge on any atom is 0.139 e. The first kappa shape index (κ1) is 59.7. The minimum absolute atomic E-state index is 0.144. The Balaban J connectivity index is 0.000000140. The van der Waals surface area contributed by atoms with Crippen molar-refractivity contribution in [1.29, 1.82) is 0 Å². The number of carbonyl (C=O) groups excluding carboxylic acids is 2. The van der Waals surface area contributed by atoms with Crippen LogP contribution >= 0.6 is 127 Å². The van der Waals surface area contributed by atoms with Crippen molar-refractivity contribution in [3.05, 3.63) is 226 Å². The number of ether oxygens (including phenoxy) is 1.